The molecule has 0 aromatic carbocycles. The summed E-state index contributed by atoms with van der Waals surface area (Å²) in [6, 6.07) is -0.867. The van der Waals surface area contributed by atoms with Gasteiger partial charge in [-0.2, -0.15) is 0 Å². The Morgan fingerprint density at radius 2 is 2.15 bits per heavy atom. The van der Waals surface area contributed by atoms with Gasteiger partial charge in [0.15, 0.2) is 0 Å². The molecule has 0 fully saturated rings. The molecule has 4 N–H and O–H groups in total. The Morgan fingerprint density at radius 1 is 1.54 bits per heavy atom. The van der Waals surface area contributed by atoms with Crippen LogP contribution in [0.5, 0.6) is 0 Å². The molecule has 0 heterocycles. The van der Waals surface area contributed by atoms with Crippen LogP contribution in [0, 0.1) is 0 Å². The lowest BCUT2D eigenvalue weighted by atomic mass is 10.4. The first kappa shape index (κ1) is 11.9. The third-order valence-corrected chi connectivity index (χ3v) is 1.34. The minimum Gasteiger partial charge on any atom is -0.367 e. The van der Waals surface area contributed by atoms with Crippen LogP contribution in [0.3, 0.4) is 0 Å². The number of nitrogens with two attached hydrogens (primary N) is 1. The van der Waals surface area contributed by atoms with E-state index in [2.05, 4.69) is 5.32 Å². The van der Waals surface area contributed by atoms with Crippen molar-refractivity contribution in [1.82, 2.24) is 10.6 Å². The zero-order valence-electron chi connectivity index (χ0n) is 7.79. The molecule has 6 heteroatoms. The second-order valence-corrected chi connectivity index (χ2v) is 2.47. The number of carbonyl (C=O) groups is 2. The average Bonchev–Trinajstić information content (AvgIpc) is 2.03. The molecular formula is C7H15N3O3. The summed E-state index contributed by atoms with van der Waals surface area (Å²) in [7, 11) is 1.78. The van der Waals surface area contributed by atoms with E-state index in [-0.39, 0.29) is 0 Å². The van der Waals surface area contributed by atoms with E-state index in [1.165, 1.54) is 0 Å². The average molecular weight is 189 g/mol. The molecule has 13 heavy (non-hydrogen) atoms. The summed E-state index contributed by atoms with van der Waals surface area (Å²) in [5.41, 5.74) is 4.75. The molecule has 0 rings (SSSR count). The smallest absolute Gasteiger partial charge is 0.318 e. The topological polar surface area (TPSA) is 93.4 Å². The maximum Gasteiger partial charge on any atom is 0.318 e. The fraction of sp³-hybridized carbons (Fsp3) is 0.714. The second-order valence-electron chi connectivity index (χ2n) is 2.47. The van der Waals surface area contributed by atoms with Crippen molar-refractivity contribution in [3.8, 4) is 0 Å². The van der Waals surface area contributed by atoms with E-state index in [4.69, 9.17) is 10.5 Å². The molecule has 0 aromatic rings. The highest BCUT2D eigenvalue weighted by molar-refractivity contribution is 5.95. The van der Waals surface area contributed by atoms with Crippen molar-refractivity contribution in [2.75, 3.05) is 20.2 Å². The van der Waals surface area contributed by atoms with Gasteiger partial charge in [0.1, 0.15) is 6.10 Å². The molecule has 6 nitrogen and oxygen atoms in total. The molecule has 1 atom stereocenters. The predicted molar refractivity (Wildman–Crippen MR) is 47.1 cm³/mol. The van der Waals surface area contributed by atoms with Crippen molar-refractivity contribution >= 4 is 11.9 Å². The second kappa shape index (κ2) is 6.38. The Balaban J connectivity index is 3.63. The number of ether oxygens (including phenoxy) is 1. The van der Waals surface area contributed by atoms with Crippen LogP contribution in [-0.2, 0) is 9.53 Å². The first-order valence-electron chi connectivity index (χ1n) is 3.94. The molecule has 3 amide bonds. The lowest BCUT2D eigenvalue weighted by molar-refractivity contribution is -0.130. The molecular weight excluding hydrogens is 174 g/mol. The monoisotopic (exact) mass is 189 g/mol. The molecule has 0 aliphatic carbocycles. The fourth-order valence-electron chi connectivity index (χ4n) is 0.637. The highest BCUT2D eigenvalue weighted by Gasteiger charge is 2.13. The summed E-state index contributed by atoms with van der Waals surface area (Å²) in [5, 5.41) is 4.78. The number of urea groups is 1. The number of carbonyl (C=O) groups excluding carboxylic acids is 2. The molecule has 0 bridgehead atoms. The van der Waals surface area contributed by atoms with Crippen molar-refractivity contribution in [1.29, 1.82) is 0 Å². The SMILES string of the molecule is CNCCOC(C)C(=O)NC(N)=O. The van der Waals surface area contributed by atoms with E-state index in [1.807, 2.05) is 5.32 Å². The Labute approximate surface area is 76.8 Å². The number of likely N-dealkylation sites (N-methyl/N-ethyl adjacent to an activating group) is 1. The molecule has 0 aliphatic rings. The molecule has 76 valence electrons. The van der Waals surface area contributed by atoms with Crippen LogP contribution in [0.15, 0.2) is 0 Å². The van der Waals surface area contributed by atoms with Crippen molar-refractivity contribution < 1.29 is 14.3 Å². The summed E-state index contributed by atoms with van der Waals surface area (Å²) in [4.78, 5) is 21.3. The molecule has 0 radical (unpaired) electrons. The fourth-order valence-corrected chi connectivity index (χ4v) is 0.637. The molecule has 0 aromatic heterocycles. The number of hydrogen-bond donors (Lipinski definition) is 3. The van der Waals surface area contributed by atoms with Gasteiger partial charge in [-0.25, -0.2) is 4.79 Å². The largest absolute Gasteiger partial charge is 0.367 e. The Kier molecular flexibility index (Phi) is 5.82. The van der Waals surface area contributed by atoms with Crippen LogP contribution in [0.2, 0.25) is 0 Å². The summed E-state index contributed by atoms with van der Waals surface area (Å²) >= 11 is 0. The van der Waals surface area contributed by atoms with Crippen molar-refractivity contribution in [3.05, 3.63) is 0 Å². The molecule has 0 saturated carbocycles. The Bertz CT molecular complexity index is 184. The first-order valence-corrected chi connectivity index (χ1v) is 3.94. The van der Waals surface area contributed by atoms with E-state index < -0.39 is 18.0 Å². The summed E-state index contributed by atoms with van der Waals surface area (Å²) in [6.07, 6.45) is -0.666. The van der Waals surface area contributed by atoms with E-state index in [0.717, 1.165) is 0 Å². The lowest BCUT2D eigenvalue weighted by Gasteiger charge is -2.10. The maximum absolute atomic E-state index is 11.0. The number of amides is 3. The maximum atomic E-state index is 11.0. The minimum atomic E-state index is -0.867. The van der Waals surface area contributed by atoms with Gasteiger partial charge in [-0.3, -0.25) is 10.1 Å². The van der Waals surface area contributed by atoms with Crippen molar-refractivity contribution in [2.24, 2.45) is 5.73 Å². The summed E-state index contributed by atoms with van der Waals surface area (Å²) < 4.78 is 5.06. The van der Waals surface area contributed by atoms with Crippen LogP contribution in [-0.4, -0.2) is 38.2 Å². The standard InChI is InChI=1S/C7H15N3O3/c1-5(13-4-3-9-2)6(11)10-7(8)12/h5,9H,3-4H2,1-2H3,(H3,8,10,11,12). The van der Waals surface area contributed by atoms with E-state index in [9.17, 15) is 9.59 Å². The van der Waals surface area contributed by atoms with Gasteiger partial charge in [0.2, 0.25) is 0 Å². The number of imide groups is 1. The Hall–Kier alpha value is -1.14. The third-order valence-electron chi connectivity index (χ3n) is 1.34. The summed E-state index contributed by atoms with van der Waals surface area (Å²) in [5.74, 6) is -0.524. The number of nitrogens with one attached hydrogen (secondary N) is 2. The van der Waals surface area contributed by atoms with Crippen LogP contribution >= 0.6 is 0 Å². The zero-order chi connectivity index (χ0) is 10.3. The van der Waals surface area contributed by atoms with E-state index in [1.54, 1.807) is 14.0 Å². The normalized spacial score (nSPS) is 12.2. The van der Waals surface area contributed by atoms with E-state index in [0.29, 0.717) is 13.2 Å². The minimum absolute atomic E-state index is 0.407. The number of hydrogen-bond acceptors (Lipinski definition) is 4. The summed E-state index contributed by atoms with van der Waals surface area (Å²) in [6.45, 7) is 2.60. The number of rotatable bonds is 5. The lowest BCUT2D eigenvalue weighted by Crippen LogP contribution is -2.42. The van der Waals surface area contributed by atoms with Crippen LogP contribution in [0.25, 0.3) is 0 Å². The predicted octanol–water partition coefficient (Wildman–Crippen LogP) is -1.19. The quantitative estimate of drug-likeness (QED) is 0.474. The van der Waals surface area contributed by atoms with Crippen LogP contribution < -0.4 is 16.4 Å². The number of primary amides is 1. The van der Waals surface area contributed by atoms with E-state index >= 15 is 0 Å². The third kappa shape index (κ3) is 6.06. The van der Waals surface area contributed by atoms with Gasteiger partial charge >= 0.3 is 6.03 Å². The van der Waals surface area contributed by atoms with Gasteiger partial charge in [0, 0.05) is 6.54 Å². The van der Waals surface area contributed by atoms with Crippen LogP contribution in [0.1, 0.15) is 6.92 Å². The molecule has 0 aliphatic heterocycles. The van der Waals surface area contributed by atoms with Crippen molar-refractivity contribution in [2.45, 2.75) is 13.0 Å². The van der Waals surface area contributed by atoms with Gasteiger partial charge in [0.05, 0.1) is 6.61 Å². The zero-order valence-corrected chi connectivity index (χ0v) is 7.79. The first-order chi connectivity index (χ1) is 6.07. The van der Waals surface area contributed by atoms with Gasteiger partial charge < -0.3 is 15.8 Å². The highest BCUT2D eigenvalue weighted by atomic mass is 16.5. The van der Waals surface area contributed by atoms with Crippen LogP contribution in [0.4, 0.5) is 4.79 Å². The van der Waals surface area contributed by atoms with Gasteiger partial charge in [-0.1, -0.05) is 0 Å². The Morgan fingerprint density at radius 3 is 2.62 bits per heavy atom. The highest BCUT2D eigenvalue weighted by Crippen LogP contribution is 1.89. The van der Waals surface area contributed by atoms with Crippen molar-refractivity contribution in [3.63, 3.8) is 0 Å². The molecule has 0 spiro atoms. The van der Waals surface area contributed by atoms with Gasteiger partial charge in [-0.05, 0) is 14.0 Å². The van der Waals surface area contributed by atoms with Gasteiger partial charge in [0.25, 0.3) is 5.91 Å². The molecule has 1 unspecified atom stereocenters. The van der Waals surface area contributed by atoms with Gasteiger partial charge in [-0.15, -0.1) is 0 Å². The molecule has 0 saturated heterocycles.